The van der Waals surface area contributed by atoms with E-state index >= 15 is 0 Å². The van der Waals surface area contributed by atoms with Crippen molar-refractivity contribution in [2.45, 2.75) is 26.2 Å². The predicted octanol–water partition coefficient (Wildman–Crippen LogP) is 4.42. The van der Waals surface area contributed by atoms with Gasteiger partial charge in [0.1, 0.15) is 0 Å². The highest BCUT2D eigenvalue weighted by atomic mass is 16.2. The van der Waals surface area contributed by atoms with Gasteiger partial charge in [0.2, 0.25) is 0 Å². The van der Waals surface area contributed by atoms with Crippen LogP contribution in [0.25, 0.3) is 21.8 Å². The molecule has 2 heterocycles. The monoisotopic (exact) mass is 347 g/mol. The van der Waals surface area contributed by atoms with E-state index in [1.54, 1.807) is 0 Å². The molecule has 4 nitrogen and oxygen atoms in total. The summed E-state index contributed by atoms with van der Waals surface area (Å²) < 4.78 is 0. The van der Waals surface area contributed by atoms with Gasteiger partial charge < -0.3 is 9.80 Å². The van der Waals surface area contributed by atoms with Gasteiger partial charge in [-0.05, 0) is 62.8 Å². The van der Waals surface area contributed by atoms with Gasteiger partial charge in [-0.3, -0.25) is 4.79 Å². The molecule has 1 aliphatic heterocycles. The van der Waals surface area contributed by atoms with Crippen LogP contribution in [0.15, 0.2) is 36.4 Å². The molecule has 3 aromatic rings. The van der Waals surface area contributed by atoms with Gasteiger partial charge in [0, 0.05) is 17.3 Å². The first-order valence-corrected chi connectivity index (χ1v) is 9.30. The van der Waals surface area contributed by atoms with Crippen LogP contribution in [0.2, 0.25) is 0 Å². The van der Waals surface area contributed by atoms with Crippen molar-refractivity contribution in [1.82, 2.24) is 9.88 Å². The second kappa shape index (κ2) is 6.36. The summed E-state index contributed by atoms with van der Waals surface area (Å²) >= 11 is 0. The molecule has 0 N–H and O–H groups in total. The molecular weight excluding hydrogens is 322 g/mol. The largest absolute Gasteiger partial charge is 0.309 e. The van der Waals surface area contributed by atoms with E-state index in [4.69, 9.17) is 4.98 Å². The Hall–Kier alpha value is -2.46. The first-order valence-electron chi connectivity index (χ1n) is 9.30. The smallest absolute Gasteiger partial charge is 0.259 e. The number of anilines is 1. The van der Waals surface area contributed by atoms with E-state index in [1.807, 2.05) is 23.1 Å². The van der Waals surface area contributed by atoms with Crippen LogP contribution in [0.5, 0.6) is 0 Å². The number of nitrogens with zero attached hydrogens (tertiary/aromatic N) is 3. The molecule has 0 radical (unpaired) electrons. The zero-order valence-electron chi connectivity index (χ0n) is 15.9. The van der Waals surface area contributed by atoms with Crippen LogP contribution in [-0.2, 0) is 0 Å². The average molecular weight is 347 g/mol. The van der Waals surface area contributed by atoms with Gasteiger partial charge in [0.15, 0.2) is 0 Å². The topological polar surface area (TPSA) is 36.4 Å². The summed E-state index contributed by atoms with van der Waals surface area (Å²) in [4.78, 5) is 22.3. The third-order valence-electron chi connectivity index (χ3n) is 5.20. The molecule has 0 saturated carbocycles. The number of pyridine rings is 1. The normalized spacial score (nSPS) is 13.8. The van der Waals surface area contributed by atoms with E-state index in [1.165, 1.54) is 5.56 Å². The fraction of sp³-hybridized carbons (Fsp3) is 0.364. The molecule has 0 saturated heterocycles. The number of fused-ring (bicyclic) bond motifs is 2. The Kier molecular flexibility index (Phi) is 4.16. The van der Waals surface area contributed by atoms with E-state index in [9.17, 15) is 4.79 Å². The van der Waals surface area contributed by atoms with Crippen molar-refractivity contribution in [3.63, 3.8) is 0 Å². The van der Waals surface area contributed by atoms with Gasteiger partial charge in [-0.2, -0.15) is 0 Å². The zero-order valence-corrected chi connectivity index (χ0v) is 15.9. The Morgan fingerprint density at radius 3 is 2.65 bits per heavy atom. The van der Waals surface area contributed by atoms with Crippen molar-refractivity contribution >= 4 is 33.4 Å². The maximum Gasteiger partial charge on any atom is 0.259 e. The molecule has 1 amide bonds. The van der Waals surface area contributed by atoms with E-state index in [0.29, 0.717) is 5.92 Å². The zero-order chi connectivity index (χ0) is 18.4. The highest BCUT2D eigenvalue weighted by Gasteiger charge is 2.32. The summed E-state index contributed by atoms with van der Waals surface area (Å²) in [6.45, 7) is 6.05. The lowest BCUT2D eigenvalue weighted by Crippen LogP contribution is -2.30. The average Bonchev–Trinajstić information content (AvgIpc) is 2.89. The molecule has 1 aliphatic rings. The van der Waals surface area contributed by atoms with Crippen LogP contribution in [-0.4, -0.2) is 43.0 Å². The molecular formula is C22H25N3O. The molecule has 0 atom stereocenters. The van der Waals surface area contributed by atoms with Gasteiger partial charge in [0.25, 0.3) is 5.91 Å². The fourth-order valence-corrected chi connectivity index (χ4v) is 3.81. The number of hydrogen-bond donors (Lipinski definition) is 0. The Bertz CT molecular complexity index is 1010. The van der Waals surface area contributed by atoms with Gasteiger partial charge in [0.05, 0.1) is 22.3 Å². The number of carbonyl (C=O) groups is 1. The highest BCUT2D eigenvalue weighted by molar-refractivity contribution is 6.30. The quantitative estimate of drug-likeness (QED) is 0.641. The standard InChI is InChI=1S/C22H25N3O/c1-14(2)15-9-10-17-16(13-15)20-21-18(23-17)7-5-8-19(21)25(22(20)26)12-6-11-24(3)4/h5,7-10,13-14H,6,11-12H2,1-4H3. The number of amides is 1. The van der Waals surface area contributed by atoms with E-state index < -0.39 is 0 Å². The van der Waals surface area contributed by atoms with Crippen LogP contribution in [0.4, 0.5) is 5.69 Å². The predicted molar refractivity (Wildman–Crippen MR) is 108 cm³/mol. The molecule has 4 rings (SSSR count). The van der Waals surface area contributed by atoms with Crippen molar-refractivity contribution in [1.29, 1.82) is 0 Å². The van der Waals surface area contributed by atoms with Crippen LogP contribution >= 0.6 is 0 Å². The van der Waals surface area contributed by atoms with Crippen molar-refractivity contribution in [2.75, 3.05) is 32.1 Å². The minimum atomic E-state index is 0.114. The number of benzene rings is 2. The Morgan fingerprint density at radius 2 is 1.92 bits per heavy atom. The Morgan fingerprint density at radius 1 is 1.12 bits per heavy atom. The minimum absolute atomic E-state index is 0.114. The summed E-state index contributed by atoms with van der Waals surface area (Å²) in [5.74, 6) is 0.536. The van der Waals surface area contributed by atoms with E-state index in [2.05, 4.69) is 51.0 Å². The Labute approximate surface area is 154 Å². The molecule has 134 valence electrons. The lowest BCUT2D eigenvalue weighted by Gasteiger charge is -2.19. The summed E-state index contributed by atoms with van der Waals surface area (Å²) in [5.41, 5.74) is 4.88. The maximum atomic E-state index is 13.3. The van der Waals surface area contributed by atoms with Crippen molar-refractivity contribution in [3.05, 3.63) is 47.5 Å². The van der Waals surface area contributed by atoms with Crippen LogP contribution in [0.3, 0.4) is 0 Å². The van der Waals surface area contributed by atoms with Crippen molar-refractivity contribution in [2.24, 2.45) is 0 Å². The first kappa shape index (κ1) is 17.0. The third-order valence-corrected chi connectivity index (χ3v) is 5.20. The lowest BCUT2D eigenvalue weighted by molar-refractivity contribution is 0.0993. The SMILES string of the molecule is CC(C)c1ccc2nc3cccc4c3c(c2c1)C(=O)N4CCCN(C)C. The summed E-state index contributed by atoms with van der Waals surface area (Å²) in [6.07, 6.45) is 0.950. The van der Waals surface area contributed by atoms with Gasteiger partial charge in [-0.25, -0.2) is 4.98 Å². The van der Waals surface area contributed by atoms with Crippen LogP contribution < -0.4 is 4.90 Å². The van der Waals surface area contributed by atoms with Crippen LogP contribution in [0.1, 0.15) is 42.1 Å². The number of hydrogen-bond acceptors (Lipinski definition) is 3. The maximum absolute atomic E-state index is 13.3. The van der Waals surface area contributed by atoms with Gasteiger partial charge >= 0.3 is 0 Å². The summed E-state index contributed by atoms with van der Waals surface area (Å²) in [6, 6.07) is 12.4. The summed E-state index contributed by atoms with van der Waals surface area (Å²) in [5, 5.41) is 1.99. The Balaban J connectivity index is 1.88. The first-order chi connectivity index (χ1) is 12.5. The lowest BCUT2D eigenvalue weighted by atomic mass is 9.97. The van der Waals surface area contributed by atoms with Gasteiger partial charge in [-0.15, -0.1) is 0 Å². The molecule has 4 heteroatoms. The second-order valence-corrected chi connectivity index (χ2v) is 7.70. The molecule has 0 unspecified atom stereocenters. The molecule has 0 spiro atoms. The van der Waals surface area contributed by atoms with E-state index in [0.717, 1.165) is 52.6 Å². The second-order valence-electron chi connectivity index (χ2n) is 7.70. The number of aromatic nitrogens is 1. The molecule has 2 aromatic carbocycles. The highest BCUT2D eigenvalue weighted by Crippen LogP contribution is 2.40. The fourth-order valence-electron chi connectivity index (χ4n) is 3.81. The van der Waals surface area contributed by atoms with Crippen LogP contribution in [0, 0.1) is 0 Å². The van der Waals surface area contributed by atoms with Crippen molar-refractivity contribution < 1.29 is 4.79 Å². The molecule has 0 bridgehead atoms. The molecule has 1 aromatic heterocycles. The number of rotatable bonds is 5. The van der Waals surface area contributed by atoms with E-state index in [-0.39, 0.29) is 5.91 Å². The van der Waals surface area contributed by atoms with Gasteiger partial charge in [-0.1, -0.05) is 26.0 Å². The van der Waals surface area contributed by atoms with Crippen molar-refractivity contribution in [3.8, 4) is 0 Å². The number of carbonyl (C=O) groups excluding carboxylic acids is 1. The molecule has 0 fully saturated rings. The molecule has 26 heavy (non-hydrogen) atoms. The third kappa shape index (κ3) is 2.65. The summed E-state index contributed by atoms with van der Waals surface area (Å²) in [7, 11) is 4.12. The minimum Gasteiger partial charge on any atom is -0.309 e. The molecule has 0 aliphatic carbocycles.